The molecule has 202 valence electrons. The number of ether oxygens (including phenoxy) is 2. The number of amides is 1. The number of carboxylic acids is 1. The monoisotopic (exact) mass is 533 g/mol. The van der Waals surface area contributed by atoms with E-state index in [1.54, 1.807) is 35.1 Å². The Kier molecular flexibility index (Phi) is 8.94. The molecule has 0 saturated carbocycles. The molecule has 0 aliphatic heterocycles. The maximum Gasteiger partial charge on any atom is 0.405 e. The van der Waals surface area contributed by atoms with Crippen LogP contribution in [0.5, 0.6) is 11.5 Å². The van der Waals surface area contributed by atoms with Crippen molar-refractivity contribution in [2.75, 3.05) is 27.3 Å². The minimum absolute atomic E-state index is 0.0218. The van der Waals surface area contributed by atoms with E-state index in [4.69, 9.17) is 20.0 Å². The fourth-order valence-electron chi connectivity index (χ4n) is 3.66. The fourth-order valence-corrected chi connectivity index (χ4v) is 3.66. The van der Waals surface area contributed by atoms with Gasteiger partial charge >= 0.3 is 12.1 Å². The number of rotatable bonds is 12. The van der Waals surface area contributed by atoms with Crippen LogP contribution in [0.25, 0.3) is 22.5 Å². The van der Waals surface area contributed by atoms with Gasteiger partial charge in [-0.15, -0.1) is 0 Å². The number of fused-ring (bicyclic) bond motifs is 1. The number of hydrogen-bond acceptors (Lipinski definition) is 7. The first kappa shape index (κ1) is 28.0. The van der Waals surface area contributed by atoms with Crippen molar-refractivity contribution in [3.63, 3.8) is 0 Å². The van der Waals surface area contributed by atoms with Crippen molar-refractivity contribution in [3.05, 3.63) is 54.0 Å². The zero-order valence-corrected chi connectivity index (χ0v) is 20.6. The van der Waals surface area contributed by atoms with Gasteiger partial charge < -0.3 is 30.6 Å². The molecule has 0 saturated heterocycles. The summed E-state index contributed by atoms with van der Waals surface area (Å²) in [4.78, 5) is 27.5. The van der Waals surface area contributed by atoms with E-state index in [9.17, 15) is 22.8 Å². The maximum absolute atomic E-state index is 12.6. The van der Waals surface area contributed by atoms with E-state index in [2.05, 4.69) is 10.3 Å². The molecule has 0 spiro atoms. The van der Waals surface area contributed by atoms with E-state index < -0.39 is 24.6 Å². The third-order valence-corrected chi connectivity index (χ3v) is 5.45. The summed E-state index contributed by atoms with van der Waals surface area (Å²) in [6.07, 6.45) is 2.01. The quantitative estimate of drug-likeness (QED) is 0.205. The van der Waals surface area contributed by atoms with Crippen LogP contribution in [0.3, 0.4) is 0 Å². The average molecular weight is 534 g/mol. The lowest BCUT2D eigenvalue weighted by Crippen LogP contribution is -2.34. The second-order valence-electron chi connectivity index (χ2n) is 8.04. The van der Waals surface area contributed by atoms with Crippen LogP contribution in [-0.2, 0) is 4.79 Å². The van der Waals surface area contributed by atoms with Crippen LogP contribution in [0, 0.1) is 5.41 Å². The molecule has 1 amide bonds. The summed E-state index contributed by atoms with van der Waals surface area (Å²) in [7, 11) is 2.58. The molecule has 4 N–H and O–H groups in total. The molecular formula is C25H26F3N5O5. The molecule has 38 heavy (non-hydrogen) atoms. The molecule has 0 aliphatic rings. The van der Waals surface area contributed by atoms with Gasteiger partial charge in [0.2, 0.25) is 0 Å². The van der Waals surface area contributed by atoms with Crippen molar-refractivity contribution in [2.24, 2.45) is 0 Å². The van der Waals surface area contributed by atoms with Gasteiger partial charge in [0.05, 0.1) is 26.1 Å². The van der Waals surface area contributed by atoms with E-state index in [0.29, 0.717) is 41.0 Å². The molecule has 3 aromatic rings. The number of nitrogens with zero attached hydrogens (tertiary/aromatic N) is 2. The number of halogens is 3. The SMILES string of the molecule is COc1cc(-c2cnc3cc(/C(C=N)=C/NCCCC(=O)O)ccn23)cc(OC)c1C(=O)NCC(F)(F)F. The summed E-state index contributed by atoms with van der Waals surface area (Å²) < 4.78 is 50.1. The average Bonchev–Trinajstić information content (AvgIpc) is 3.31. The first-order valence-electron chi connectivity index (χ1n) is 11.3. The van der Waals surface area contributed by atoms with Crippen LogP contribution in [0.2, 0.25) is 0 Å². The Morgan fingerprint density at radius 1 is 1.18 bits per heavy atom. The van der Waals surface area contributed by atoms with Gasteiger partial charge in [-0.25, -0.2) is 4.98 Å². The lowest BCUT2D eigenvalue weighted by molar-refractivity contribution is -0.137. The molecule has 0 atom stereocenters. The number of pyridine rings is 1. The van der Waals surface area contributed by atoms with Crippen molar-refractivity contribution in [1.82, 2.24) is 20.0 Å². The summed E-state index contributed by atoms with van der Waals surface area (Å²) in [5.74, 6) is -1.83. The molecule has 0 unspecified atom stereocenters. The van der Waals surface area contributed by atoms with Crippen molar-refractivity contribution < 1.29 is 37.3 Å². The Labute approximate surface area is 215 Å². The van der Waals surface area contributed by atoms with E-state index in [-0.39, 0.29) is 23.5 Å². The topological polar surface area (TPSA) is 138 Å². The van der Waals surface area contributed by atoms with Gasteiger partial charge in [0.1, 0.15) is 29.3 Å². The van der Waals surface area contributed by atoms with E-state index in [0.717, 1.165) is 6.21 Å². The predicted molar refractivity (Wildman–Crippen MR) is 134 cm³/mol. The minimum Gasteiger partial charge on any atom is -0.496 e. The van der Waals surface area contributed by atoms with Gasteiger partial charge in [0.25, 0.3) is 5.91 Å². The van der Waals surface area contributed by atoms with Crippen LogP contribution >= 0.6 is 0 Å². The number of nitrogens with one attached hydrogen (secondary N) is 3. The van der Waals surface area contributed by atoms with Gasteiger partial charge in [0.15, 0.2) is 0 Å². The number of carbonyl (C=O) groups is 2. The van der Waals surface area contributed by atoms with Gasteiger partial charge in [0, 0.05) is 42.7 Å². The second kappa shape index (κ2) is 12.1. The number of methoxy groups -OCH3 is 2. The third kappa shape index (κ3) is 6.81. The summed E-state index contributed by atoms with van der Waals surface area (Å²) in [5.41, 5.74) is 2.76. The molecule has 10 nitrogen and oxygen atoms in total. The molecule has 2 heterocycles. The Bertz CT molecular complexity index is 1340. The molecule has 3 rings (SSSR count). The number of benzene rings is 1. The lowest BCUT2D eigenvalue weighted by atomic mass is 10.1. The number of imidazole rings is 1. The molecule has 1 aromatic carbocycles. The van der Waals surface area contributed by atoms with Crippen molar-refractivity contribution in [2.45, 2.75) is 19.0 Å². The van der Waals surface area contributed by atoms with Crippen molar-refractivity contribution >= 4 is 29.3 Å². The number of allylic oxidation sites excluding steroid dienone is 1. The van der Waals surface area contributed by atoms with Gasteiger partial charge in [-0.05, 0) is 36.2 Å². The molecule has 0 aliphatic carbocycles. The van der Waals surface area contributed by atoms with Crippen LogP contribution in [0.15, 0.2) is 42.9 Å². The molecule has 13 heteroatoms. The highest BCUT2D eigenvalue weighted by molar-refractivity contribution is 6.08. The maximum atomic E-state index is 12.6. The fraction of sp³-hybridized carbons (Fsp3) is 0.280. The predicted octanol–water partition coefficient (Wildman–Crippen LogP) is 3.76. The highest BCUT2D eigenvalue weighted by Gasteiger charge is 2.30. The molecular weight excluding hydrogens is 507 g/mol. The van der Waals surface area contributed by atoms with Crippen LogP contribution in [-0.4, -0.2) is 66.1 Å². The number of aliphatic carboxylic acids is 1. The number of aromatic nitrogens is 2. The van der Waals surface area contributed by atoms with Crippen LogP contribution < -0.4 is 20.1 Å². The molecule has 0 radical (unpaired) electrons. The normalized spacial score (nSPS) is 11.8. The largest absolute Gasteiger partial charge is 0.496 e. The Hall–Kier alpha value is -4.55. The first-order chi connectivity index (χ1) is 18.1. The standard InChI is InChI=1S/C25H26F3N5O5/c1-37-19-8-16(9-20(38-2)23(19)24(36)32-14-25(26,27)28)18-13-31-21-10-15(5-7-33(18)21)17(11-29)12-30-6-3-4-22(34)35/h5,7-13,29-30H,3-4,6,14H2,1-2H3,(H,32,36)(H,34,35)/b17-12+,29-11?. The zero-order chi connectivity index (χ0) is 27.9. The van der Waals surface area contributed by atoms with Crippen molar-refractivity contribution in [3.8, 4) is 22.8 Å². The summed E-state index contributed by atoms with van der Waals surface area (Å²) in [5, 5.41) is 21.3. The van der Waals surface area contributed by atoms with Gasteiger partial charge in [-0.2, -0.15) is 13.2 Å². The van der Waals surface area contributed by atoms with E-state index in [1.807, 2.05) is 5.32 Å². The number of carboxylic acid groups (broad SMARTS) is 1. The first-order valence-corrected chi connectivity index (χ1v) is 11.3. The smallest absolute Gasteiger partial charge is 0.405 e. The Morgan fingerprint density at radius 3 is 2.45 bits per heavy atom. The van der Waals surface area contributed by atoms with Gasteiger partial charge in [-0.3, -0.25) is 14.0 Å². The summed E-state index contributed by atoms with van der Waals surface area (Å²) in [6.45, 7) is -1.06. The molecule has 0 bridgehead atoms. The second-order valence-corrected chi connectivity index (χ2v) is 8.04. The Balaban J connectivity index is 1.91. The van der Waals surface area contributed by atoms with Crippen molar-refractivity contribution in [1.29, 1.82) is 5.41 Å². The van der Waals surface area contributed by atoms with E-state index in [1.165, 1.54) is 26.4 Å². The molecule has 0 fully saturated rings. The summed E-state index contributed by atoms with van der Waals surface area (Å²) in [6, 6.07) is 6.53. The van der Waals surface area contributed by atoms with Crippen LogP contribution in [0.4, 0.5) is 13.2 Å². The summed E-state index contributed by atoms with van der Waals surface area (Å²) >= 11 is 0. The van der Waals surface area contributed by atoms with Crippen LogP contribution in [0.1, 0.15) is 28.8 Å². The number of carbonyl (C=O) groups excluding carboxylic acids is 1. The highest BCUT2D eigenvalue weighted by atomic mass is 19.4. The zero-order valence-electron chi connectivity index (χ0n) is 20.6. The highest BCUT2D eigenvalue weighted by Crippen LogP contribution is 2.35. The minimum atomic E-state index is -4.57. The molecule has 2 aromatic heterocycles. The number of hydrogen-bond donors (Lipinski definition) is 4. The Morgan fingerprint density at radius 2 is 1.87 bits per heavy atom. The number of alkyl halides is 3. The van der Waals surface area contributed by atoms with Gasteiger partial charge in [-0.1, -0.05) is 0 Å². The lowest BCUT2D eigenvalue weighted by Gasteiger charge is -2.16. The van der Waals surface area contributed by atoms with E-state index >= 15 is 0 Å². The third-order valence-electron chi connectivity index (χ3n) is 5.45.